The van der Waals surface area contributed by atoms with Crippen molar-refractivity contribution in [1.82, 2.24) is 0 Å². The van der Waals surface area contributed by atoms with Crippen LogP contribution in [0, 0.1) is 5.41 Å². The number of hydrogen-bond acceptors (Lipinski definition) is 5. The largest absolute Gasteiger partial charge is 0.444 e. The van der Waals surface area contributed by atoms with Gasteiger partial charge in [0.1, 0.15) is 10.7 Å². The Morgan fingerprint density at radius 1 is 0.966 bits per heavy atom. The first kappa shape index (κ1) is 19.5. The van der Waals surface area contributed by atoms with Crippen LogP contribution in [0.1, 0.15) is 38.2 Å². The summed E-state index contributed by atoms with van der Waals surface area (Å²) in [7, 11) is -3.97. The molecule has 2 N–H and O–H groups in total. The number of allylic oxidation sites excluding steroid dienone is 3. The zero-order valence-corrected chi connectivity index (χ0v) is 17.2. The van der Waals surface area contributed by atoms with E-state index < -0.39 is 15.8 Å². The second-order valence-corrected chi connectivity index (χ2v) is 10.2. The van der Waals surface area contributed by atoms with Crippen molar-refractivity contribution in [1.29, 1.82) is 0 Å². The first-order valence-electron chi connectivity index (χ1n) is 9.49. The Kier molecular flexibility index (Phi) is 4.62. The zero-order chi connectivity index (χ0) is 20.8. The predicted octanol–water partition coefficient (Wildman–Crippen LogP) is 4.05. The number of ketones is 1. The summed E-state index contributed by atoms with van der Waals surface area (Å²) in [5.41, 5.74) is 7.04. The van der Waals surface area contributed by atoms with Gasteiger partial charge in [-0.15, -0.1) is 0 Å². The van der Waals surface area contributed by atoms with Gasteiger partial charge in [0.2, 0.25) is 15.7 Å². The second kappa shape index (κ2) is 6.88. The summed E-state index contributed by atoms with van der Waals surface area (Å²) in [5, 5.41) is 0. The minimum absolute atomic E-state index is 0.0679. The normalized spacial score (nSPS) is 21.6. The van der Waals surface area contributed by atoms with Crippen molar-refractivity contribution < 1.29 is 17.9 Å². The Labute approximate surface area is 170 Å². The van der Waals surface area contributed by atoms with Crippen LogP contribution in [0.5, 0.6) is 0 Å². The van der Waals surface area contributed by atoms with Crippen LogP contribution >= 0.6 is 0 Å². The molecule has 5 nitrogen and oxygen atoms in total. The lowest BCUT2D eigenvalue weighted by molar-refractivity contribution is -0.119. The molecule has 2 aromatic carbocycles. The van der Waals surface area contributed by atoms with Crippen LogP contribution in [0.15, 0.2) is 87.7 Å². The molecular formula is C23H23NO4S. The highest BCUT2D eigenvalue weighted by molar-refractivity contribution is 7.95. The molecule has 0 radical (unpaired) electrons. The smallest absolute Gasteiger partial charge is 0.208 e. The lowest BCUT2D eigenvalue weighted by Crippen LogP contribution is -2.35. The number of sulfone groups is 1. The molecule has 150 valence electrons. The van der Waals surface area contributed by atoms with Gasteiger partial charge in [0, 0.05) is 18.4 Å². The zero-order valence-electron chi connectivity index (χ0n) is 16.4. The van der Waals surface area contributed by atoms with Crippen molar-refractivity contribution in [2.75, 3.05) is 0 Å². The number of carbonyl (C=O) groups is 1. The van der Waals surface area contributed by atoms with Gasteiger partial charge in [0.25, 0.3) is 0 Å². The first-order valence-corrected chi connectivity index (χ1v) is 11.0. The van der Waals surface area contributed by atoms with Crippen molar-refractivity contribution in [3.63, 3.8) is 0 Å². The Hall–Kier alpha value is -2.86. The molecule has 0 aromatic heterocycles. The summed E-state index contributed by atoms with van der Waals surface area (Å²) in [6.07, 6.45) is 0.855. The monoisotopic (exact) mass is 409 g/mol. The number of rotatable bonds is 3. The summed E-state index contributed by atoms with van der Waals surface area (Å²) in [5.74, 6) is -0.566. The third-order valence-corrected chi connectivity index (χ3v) is 7.29. The SMILES string of the molecule is CC1(C)CC(=O)C2=C(C1)OC(N)=C(S(=O)(=O)c1ccccc1)C2c1ccccc1. The van der Waals surface area contributed by atoms with Crippen LogP contribution in [-0.4, -0.2) is 14.2 Å². The number of carbonyl (C=O) groups excluding carboxylic acids is 1. The molecule has 4 rings (SSSR count). The molecule has 1 aliphatic heterocycles. The van der Waals surface area contributed by atoms with Gasteiger partial charge < -0.3 is 10.5 Å². The van der Waals surface area contributed by atoms with E-state index in [1.54, 1.807) is 18.2 Å². The summed E-state index contributed by atoms with van der Waals surface area (Å²) in [6, 6.07) is 17.2. The highest BCUT2D eigenvalue weighted by Gasteiger charge is 2.46. The van der Waals surface area contributed by atoms with Gasteiger partial charge in [-0.1, -0.05) is 62.4 Å². The molecule has 0 bridgehead atoms. The van der Waals surface area contributed by atoms with Crippen LogP contribution in [0.4, 0.5) is 0 Å². The third kappa shape index (κ3) is 3.38. The Balaban J connectivity index is 1.95. The van der Waals surface area contributed by atoms with Crippen molar-refractivity contribution >= 4 is 15.6 Å². The first-order chi connectivity index (χ1) is 13.7. The second-order valence-electron chi connectivity index (χ2n) is 8.27. The van der Waals surface area contributed by atoms with Gasteiger partial charge in [0.05, 0.1) is 10.8 Å². The van der Waals surface area contributed by atoms with Crippen molar-refractivity contribution in [2.24, 2.45) is 11.1 Å². The Morgan fingerprint density at radius 3 is 2.17 bits per heavy atom. The highest BCUT2D eigenvalue weighted by Crippen LogP contribution is 2.50. The van der Waals surface area contributed by atoms with E-state index in [2.05, 4.69) is 0 Å². The molecule has 6 heteroatoms. The van der Waals surface area contributed by atoms with Crippen LogP contribution < -0.4 is 5.73 Å². The van der Waals surface area contributed by atoms with Crippen LogP contribution in [0.25, 0.3) is 0 Å². The Bertz CT molecular complexity index is 1130. The fourth-order valence-electron chi connectivity index (χ4n) is 4.12. The summed E-state index contributed by atoms with van der Waals surface area (Å²) < 4.78 is 32.9. The van der Waals surface area contributed by atoms with Crippen LogP contribution in [0.2, 0.25) is 0 Å². The van der Waals surface area contributed by atoms with E-state index in [0.29, 0.717) is 29.7 Å². The number of nitrogens with two attached hydrogens (primary N) is 1. The lowest BCUT2D eigenvalue weighted by atomic mass is 9.72. The quantitative estimate of drug-likeness (QED) is 0.827. The van der Waals surface area contributed by atoms with E-state index in [1.807, 2.05) is 44.2 Å². The standard InChI is InChI=1S/C23H23NO4S/c1-23(2)13-17(25)20-18(14-23)28-22(24)21(19(20)15-9-5-3-6-10-15)29(26,27)16-11-7-4-8-12-16/h3-12,19H,13-14,24H2,1-2H3. The van der Waals surface area contributed by atoms with Crippen LogP contribution in [0.3, 0.4) is 0 Å². The summed E-state index contributed by atoms with van der Waals surface area (Å²) in [6.45, 7) is 3.98. The fourth-order valence-corrected chi connectivity index (χ4v) is 5.77. The predicted molar refractivity (Wildman–Crippen MR) is 110 cm³/mol. The number of ether oxygens (including phenoxy) is 1. The van der Waals surface area contributed by atoms with E-state index >= 15 is 0 Å². The Morgan fingerprint density at radius 2 is 1.55 bits per heavy atom. The van der Waals surface area contributed by atoms with E-state index in [9.17, 15) is 13.2 Å². The van der Waals surface area contributed by atoms with E-state index in [-0.39, 0.29) is 26.9 Å². The van der Waals surface area contributed by atoms with Gasteiger partial charge in [-0.05, 0) is 23.1 Å². The molecule has 0 amide bonds. The molecule has 0 spiro atoms. The number of hydrogen-bond donors (Lipinski definition) is 1. The average Bonchev–Trinajstić information content (AvgIpc) is 2.67. The van der Waals surface area contributed by atoms with Gasteiger partial charge in [-0.2, -0.15) is 0 Å². The van der Waals surface area contributed by atoms with Gasteiger partial charge >= 0.3 is 0 Å². The summed E-state index contributed by atoms with van der Waals surface area (Å²) in [4.78, 5) is 13.2. The molecule has 1 atom stereocenters. The third-order valence-electron chi connectivity index (χ3n) is 5.38. The van der Waals surface area contributed by atoms with Gasteiger partial charge in [0.15, 0.2) is 5.78 Å². The highest BCUT2D eigenvalue weighted by atomic mass is 32.2. The topological polar surface area (TPSA) is 86.5 Å². The average molecular weight is 410 g/mol. The molecule has 2 aliphatic rings. The number of Topliss-reactive ketones (excluding diaryl/α,β-unsaturated/α-hetero) is 1. The van der Waals surface area contributed by atoms with Gasteiger partial charge in [-0.25, -0.2) is 8.42 Å². The van der Waals surface area contributed by atoms with Crippen LogP contribution in [-0.2, 0) is 19.4 Å². The van der Waals surface area contributed by atoms with E-state index in [0.717, 1.165) is 0 Å². The fraction of sp³-hybridized carbons (Fsp3) is 0.261. The number of benzene rings is 2. The lowest BCUT2D eigenvalue weighted by Gasteiger charge is -2.38. The molecule has 29 heavy (non-hydrogen) atoms. The molecular weight excluding hydrogens is 386 g/mol. The van der Waals surface area contributed by atoms with Crippen molar-refractivity contribution in [3.8, 4) is 0 Å². The molecule has 1 unspecified atom stereocenters. The molecule has 0 saturated heterocycles. The minimum atomic E-state index is -3.97. The van der Waals surface area contributed by atoms with Gasteiger partial charge in [-0.3, -0.25) is 4.79 Å². The minimum Gasteiger partial charge on any atom is -0.444 e. The van der Waals surface area contributed by atoms with Crippen molar-refractivity contribution in [2.45, 2.75) is 37.5 Å². The summed E-state index contributed by atoms with van der Waals surface area (Å²) >= 11 is 0. The molecule has 1 heterocycles. The van der Waals surface area contributed by atoms with Crippen molar-refractivity contribution in [3.05, 3.63) is 88.3 Å². The maximum atomic E-state index is 13.5. The van der Waals surface area contributed by atoms with E-state index in [4.69, 9.17) is 10.5 Å². The van der Waals surface area contributed by atoms with E-state index in [1.165, 1.54) is 12.1 Å². The maximum Gasteiger partial charge on any atom is 0.208 e. The maximum absolute atomic E-state index is 13.5. The molecule has 1 aliphatic carbocycles. The molecule has 0 saturated carbocycles. The molecule has 0 fully saturated rings. The molecule has 2 aromatic rings.